The molecular weight excluding hydrogens is 152 g/mol. The Bertz CT molecular complexity index is 315. The van der Waals surface area contributed by atoms with Gasteiger partial charge in [-0.05, 0) is 19.1 Å². The molecule has 12 heavy (non-hydrogen) atoms. The zero-order valence-corrected chi connectivity index (χ0v) is 6.87. The van der Waals surface area contributed by atoms with E-state index >= 15 is 0 Å². The molecule has 3 heteroatoms. The molecule has 0 aliphatic rings. The van der Waals surface area contributed by atoms with Crippen LogP contribution < -0.4 is 10.5 Å². The van der Waals surface area contributed by atoms with Crippen molar-refractivity contribution in [1.29, 1.82) is 5.26 Å². The number of nitrogens with zero attached hydrogens (tertiary/aromatic N) is 1. The third-order valence-electron chi connectivity index (χ3n) is 1.44. The van der Waals surface area contributed by atoms with Crippen LogP contribution in [0.15, 0.2) is 18.2 Å². The molecule has 0 fully saturated rings. The van der Waals surface area contributed by atoms with E-state index < -0.39 is 0 Å². The molecule has 0 unspecified atom stereocenters. The van der Waals surface area contributed by atoms with Crippen LogP contribution in [0.25, 0.3) is 0 Å². The van der Waals surface area contributed by atoms with Gasteiger partial charge in [0.25, 0.3) is 0 Å². The Balaban J connectivity index is 3.01. The van der Waals surface area contributed by atoms with E-state index in [1.54, 1.807) is 18.2 Å². The molecule has 3 nitrogen and oxygen atoms in total. The van der Waals surface area contributed by atoms with Gasteiger partial charge in [-0.2, -0.15) is 5.26 Å². The van der Waals surface area contributed by atoms with Gasteiger partial charge in [0.15, 0.2) is 0 Å². The Labute approximate surface area is 71.4 Å². The average Bonchev–Trinajstić information content (AvgIpc) is 2.09. The number of anilines is 1. The number of ether oxygens (including phenoxy) is 1. The van der Waals surface area contributed by atoms with Gasteiger partial charge >= 0.3 is 0 Å². The van der Waals surface area contributed by atoms with Crippen molar-refractivity contribution in [3.63, 3.8) is 0 Å². The van der Waals surface area contributed by atoms with Crippen molar-refractivity contribution in [3.05, 3.63) is 23.8 Å². The minimum absolute atomic E-state index is 0.555. The first kappa shape index (κ1) is 8.41. The summed E-state index contributed by atoms with van der Waals surface area (Å²) in [6, 6.07) is 6.99. The van der Waals surface area contributed by atoms with Gasteiger partial charge in [0.1, 0.15) is 5.75 Å². The molecule has 0 saturated heterocycles. The molecule has 0 spiro atoms. The predicted molar refractivity (Wildman–Crippen MR) is 46.7 cm³/mol. The highest BCUT2D eigenvalue weighted by Crippen LogP contribution is 2.21. The van der Waals surface area contributed by atoms with Crippen LogP contribution in [0.5, 0.6) is 5.75 Å². The number of nitrogens with two attached hydrogens (primary N) is 1. The minimum Gasteiger partial charge on any atom is -0.492 e. The van der Waals surface area contributed by atoms with Crippen LogP contribution >= 0.6 is 0 Å². The van der Waals surface area contributed by atoms with Crippen LogP contribution in [-0.4, -0.2) is 6.61 Å². The molecule has 0 amide bonds. The highest BCUT2D eigenvalue weighted by molar-refractivity contribution is 5.55. The van der Waals surface area contributed by atoms with Gasteiger partial charge in [0.05, 0.1) is 23.9 Å². The van der Waals surface area contributed by atoms with Crippen molar-refractivity contribution in [2.24, 2.45) is 0 Å². The summed E-state index contributed by atoms with van der Waals surface area (Å²) in [4.78, 5) is 0. The Morgan fingerprint density at radius 3 is 2.92 bits per heavy atom. The molecule has 0 aliphatic heterocycles. The third kappa shape index (κ3) is 1.67. The van der Waals surface area contributed by atoms with Crippen molar-refractivity contribution in [3.8, 4) is 11.8 Å². The van der Waals surface area contributed by atoms with Gasteiger partial charge in [-0.25, -0.2) is 0 Å². The van der Waals surface area contributed by atoms with Crippen LogP contribution in [0.4, 0.5) is 5.69 Å². The lowest BCUT2D eigenvalue weighted by Crippen LogP contribution is -1.96. The number of nitrogen functional groups attached to an aromatic ring is 1. The summed E-state index contributed by atoms with van der Waals surface area (Å²) in [7, 11) is 0. The molecule has 0 atom stereocenters. The van der Waals surface area contributed by atoms with Crippen molar-refractivity contribution in [1.82, 2.24) is 0 Å². The standard InChI is InChI=1S/C9H10N2O/c1-2-12-9-5-7(6-10)3-4-8(9)11/h3-5H,2,11H2,1H3. The fraction of sp³-hybridized carbons (Fsp3) is 0.222. The molecule has 2 N–H and O–H groups in total. The summed E-state index contributed by atoms with van der Waals surface area (Å²) in [6.45, 7) is 2.43. The maximum absolute atomic E-state index is 8.57. The largest absolute Gasteiger partial charge is 0.492 e. The molecule has 1 rings (SSSR count). The SMILES string of the molecule is CCOc1cc(C#N)ccc1N. The predicted octanol–water partition coefficient (Wildman–Crippen LogP) is 1.54. The van der Waals surface area contributed by atoms with Crippen LogP contribution in [0.3, 0.4) is 0 Å². The van der Waals surface area contributed by atoms with E-state index in [4.69, 9.17) is 15.7 Å². The lowest BCUT2D eigenvalue weighted by atomic mass is 10.2. The zero-order chi connectivity index (χ0) is 8.97. The lowest BCUT2D eigenvalue weighted by molar-refractivity contribution is 0.342. The third-order valence-corrected chi connectivity index (χ3v) is 1.44. The number of nitriles is 1. The van der Waals surface area contributed by atoms with Gasteiger partial charge in [-0.15, -0.1) is 0 Å². The van der Waals surface area contributed by atoms with Gasteiger partial charge in [-0.3, -0.25) is 0 Å². The van der Waals surface area contributed by atoms with Gasteiger partial charge < -0.3 is 10.5 Å². The van der Waals surface area contributed by atoms with Crippen molar-refractivity contribution in [2.75, 3.05) is 12.3 Å². The fourth-order valence-corrected chi connectivity index (χ4v) is 0.884. The maximum atomic E-state index is 8.57. The van der Waals surface area contributed by atoms with Crippen LogP contribution in [0.2, 0.25) is 0 Å². The Morgan fingerprint density at radius 2 is 2.33 bits per heavy atom. The van der Waals surface area contributed by atoms with Crippen LogP contribution in [0, 0.1) is 11.3 Å². The number of hydrogen-bond donors (Lipinski definition) is 1. The molecule has 0 radical (unpaired) electrons. The highest BCUT2D eigenvalue weighted by atomic mass is 16.5. The molecular formula is C9H10N2O. The normalized spacial score (nSPS) is 9.00. The zero-order valence-electron chi connectivity index (χ0n) is 6.87. The molecule has 62 valence electrons. The van der Waals surface area contributed by atoms with E-state index in [0.29, 0.717) is 23.6 Å². The summed E-state index contributed by atoms with van der Waals surface area (Å²) in [5.74, 6) is 0.580. The second-order valence-electron chi connectivity index (χ2n) is 2.30. The first-order valence-corrected chi connectivity index (χ1v) is 3.70. The monoisotopic (exact) mass is 162 g/mol. The second kappa shape index (κ2) is 3.63. The summed E-state index contributed by atoms with van der Waals surface area (Å²) in [5, 5.41) is 8.57. The van der Waals surface area contributed by atoms with E-state index in [1.807, 2.05) is 13.0 Å². The quantitative estimate of drug-likeness (QED) is 0.671. The Morgan fingerprint density at radius 1 is 1.58 bits per heavy atom. The van der Waals surface area contributed by atoms with E-state index in [-0.39, 0.29) is 0 Å². The smallest absolute Gasteiger partial charge is 0.143 e. The average molecular weight is 162 g/mol. The van der Waals surface area contributed by atoms with Crippen molar-refractivity contribution in [2.45, 2.75) is 6.92 Å². The maximum Gasteiger partial charge on any atom is 0.143 e. The van der Waals surface area contributed by atoms with E-state index in [0.717, 1.165) is 0 Å². The van der Waals surface area contributed by atoms with Crippen molar-refractivity contribution < 1.29 is 4.74 Å². The summed E-state index contributed by atoms with van der Waals surface area (Å²) in [6.07, 6.45) is 0. The fourth-order valence-electron chi connectivity index (χ4n) is 0.884. The van der Waals surface area contributed by atoms with Gasteiger partial charge in [0, 0.05) is 6.07 Å². The number of benzene rings is 1. The molecule has 1 aromatic carbocycles. The van der Waals surface area contributed by atoms with Gasteiger partial charge in [0.2, 0.25) is 0 Å². The summed E-state index contributed by atoms with van der Waals surface area (Å²) in [5.41, 5.74) is 6.72. The minimum atomic E-state index is 0.555. The lowest BCUT2D eigenvalue weighted by Gasteiger charge is -2.05. The molecule has 0 aliphatic carbocycles. The molecule has 0 saturated carbocycles. The summed E-state index contributed by atoms with van der Waals surface area (Å²) < 4.78 is 5.20. The molecule has 0 aromatic heterocycles. The number of rotatable bonds is 2. The van der Waals surface area contributed by atoms with E-state index in [2.05, 4.69) is 0 Å². The second-order valence-corrected chi connectivity index (χ2v) is 2.30. The van der Waals surface area contributed by atoms with E-state index in [1.165, 1.54) is 0 Å². The first-order chi connectivity index (χ1) is 5.77. The van der Waals surface area contributed by atoms with E-state index in [9.17, 15) is 0 Å². The highest BCUT2D eigenvalue weighted by Gasteiger charge is 1.99. The first-order valence-electron chi connectivity index (χ1n) is 3.70. The topological polar surface area (TPSA) is 59.0 Å². The summed E-state index contributed by atoms with van der Waals surface area (Å²) >= 11 is 0. The number of hydrogen-bond acceptors (Lipinski definition) is 3. The van der Waals surface area contributed by atoms with Crippen LogP contribution in [-0.2, 0) is 0 Å². The molecule has 0 bridgehead atoms. The molecule has 1 aromatic rings. The molecule has 0 heterocycles. The van der Waals surface area contributed by atoms with Gasteiger partial charge in [-0.1, -0.05) is 0 Å². The van der Waals surface area contributed by atoms with Crippen LogP contribution in [0.1, 0.15) is 12.5 Å². The van der Waals surface area contributed by atoms with Crippen molar-refractivity contribution >= 4 is 5.69 Å². The Hall–Kier alpha value is -1.69. The Kier molecular flexibility index (Phi) is 2.54.